The molecule has 0 aliphatic heterocycles. The highest BCUT2D eigenvalue weighted by Gasteiger charge is 2.75. The van der Waals surface area contributed by atoms with Crippen LogP contribution >= 0.6 is 0 Å². The molecule has 0 spiro atoms. The van der Waals surface area contributed by atoms with Crippen molar-refractivity contribution in [2.45, 2.75) is 24.2 Å². The SMILES string of the molecule is Oc1ccc(C=Nc2ccc(OCC(F)(F)C(F)(F)C(F)(F)C(F)F)cc2)cc1. The average molecular weight is 427 g/mol. The van der Waals surface area contributed by atoms with Gasteiger partial charge in [-0.05, 0) is 54.1 Å². The second-order valence-corrected chi connectivity index (χ2v) is 5.83. The van der Waals surface area contributed by atoms with Crippen molar-refractivity contribution in [3.8, 4) is 11.5 Å². The molecule has 0 fully saturated rings. The number of benzene rings is 2. The molecule has 3 nitrogen and oxygen atoms in total. The minimum atomic E-state index is -6.32. The number of phenols is 1. The number of nitrogens with zero attached hydrogens (tertiary/aromatic N) is 1. The summed E-state index contributed by atoms with van der Waals surface area (Å²) in [5.41, 5.74) is 0.941. The lowest BCUT2D eigenvalue weighted by molar-refractivity contribution is -0.342. The third-order valence-electron chi connectivity index (χ3n) is 3.66. The van der Waals surface area contributed by atoms with E-state index in [0.717, 1.165) is 12.1 Å². The molecule has 2 aromatic carbocycles. The Kier molecular flexibility index (Phi) is 6.39. The zero-order chi connectivity index (χ0) is 21.9. The van der Waals surface area contributed by atoms with E-state index in [9.17, 15) is 35.1 Å². The van der Waals surface area contributed by atoms with E-state index in [1.807, 2.05) is 0 Å². The first-order valence-corrected chi connectivity index (χ1v) is 7.84. The summed E-state index contributed by atoms with van der Waals surface area (Å²) in [6, 6.07) is 10.6. The van der Waals surface area contributed by atoms with E-state index in [4.69, 9.17) is 5.11 Å². The zero-order valence-corrected chi connectivity index (χ0v) is 14.3. The van der Waals surface area contributed by atoms with Crippen molar-refractivity contribution in [3.63, 3.8) is 0 Å². The third kappa shape index (κ3) is 4.96. The van der Waals surface area contributed by atoms with Crippen LogP contribution in [0, 0.1) is 0 Å². The molecule has 0 aromatic heterocycles. The number of rotatable bonds is 8. The largest absolute Gasteiger partial charge is 0.508 e. The molecule has 1 N–H and O–H groups in total. The molecule has 29 heavy (non-hydrogen) atoms. The molecular weight excluding hydrogens is 414 g/mol. The molecule has 0 saturated carbocycles. The van der Waals surface area contributed by atoms with E-state index in [-0.39, 0.29) is 11.5 Å². The fraction of sp³-hybridized carbons (Fsp3) is 0.278. The molecule has 0 amide bonds. The normalized spacial score (nSPS) is 13.3. The summed E-state index contributed by atoms with van der Waals surface area (Å²) < 4.78 is 107. The Morgan fingerprint density at radius 2 is 1.45 bits per heavy atom. The molecular formula is C18H13F8NO2. The van der Waals surface area contributed by atoms with Gasteiger partial charge in [-0.2, -0.15) is 26.3 Å². The molecule has 0 heterocycles. The number of alkyl halides is 8. The van der Waals surface area contributed by atoms with Crippen molar-refractivity contribution in [3.05, 3.63) is 54.1 Å². The monoisotopic (exact) mass is 427 g/mol. The molecule has 0 aliphatic carbocycles. The van der Waals surface area contributed by atoms with Gasteiger partial charge in [0.05, 0.1) is 5.69 Å². The number of hydrogen-bond donors (Lipinski definition) is 1. The molecule has 0 atom stereocenters. The Labute approximate surface area is 159 Å². The van der Waals surface area contributed by atoms with Crippen LogP contribution in [-0.2, 0) is 0 Å². The summed E-state index contributed by atoms with van der Waals surface area (Å²) in [5.74, 6) is -18.4. The van der Waals surface area contributed by atoms with Crippen molar-refractivity contribution in [2.24, 2.45) is 4.99 Å². The third-order valence-corrected chi connectivity index (χ3v) is 3.66. The Morgan fingerprint density at radius 3 is 1.97 bits per heavy atom. The van der Waals surface area contributed by atoms with Gasteiger partial charge in [-0.15, -0.1) is 0 Å². The Morgan fingerprint density at radius 1 is 0.897 bits per heavy atom. The predicted molar refractivity (Wildman–Crippen MR) is 88.1 cm³/mol. The number of hydrogen-bond acceptors (Lipinski definition) is 3. The van der Waals surface area contributed by atoms with E-state index in [0.29, 0.717) is 11.3 Å². The zero-order valence-electron chi connectivity index (χ0n) is 14.3. The van der Waals surface area contributed by atoms with Gasteiger partial charge in [0, 0.05) is 6.21 Å². The molecule has 158 valence electrons. The Hall–Kier alpha value is -2.85. The van der Waals surface area contributed by atoms with Crippen molar-refractivity contribution < 1.29 is 45.0 Å². The van der Waals surface area contributed by atoms with Gasteiger partial charge in [0.2, 0.25) is 0 Å². The topological polar surface area (TPSA) is 41.8 Å². The lowest BCUT2D eigenvalue weighted by Crippen LogP contribution is -2.59. The van der Waals surface area contributed by atoms with Gasteiger partial charge in [0.25, 0.3) is 0 Å². The van der Waals surface area contributed by atoms with Crippen LogP contribution in [0.5, 0.6) is 11.5 Å². The Balaban J connectivity index is 2.03. The summed E-state index contributed by atoms with van der Waals surface area (Å²) in [7, 11) is 0. The van der Waals surface area contributed by atoms with Crippen LogP contribution in [0.4, 0.5) is 40.8 Å². The summed E-state index contributed by atoms with van der Waals surface area (Å²) in [6.45, 7) is -2.24. The number of phenolic OH excluding ortho intramolecular Hbond substituents is 1. The highest BCUT2D eigenvalue weighted by atomic mass is 19.4. The highest BCUT2D eigenvalue weighted by molar-refractivity contribution is 5.82. The first-order chi connectivity index (χ1) is 13.4. The molecule has 2 aromatic rings. The molecule has 0 radical (unpaired) electrons. The van der Waals surface area contributed by atoms with Gasteiger partial charge < -0.3 is 9.84 Å². The van der Waals surface area contributed by atoms with Crippen molar-refractivity contribution >= 4 is 11.9 Å². The van der Waals surface area contributed by atoms with Crippen molar-refractivity contribution in [2.75, 3.05) is 6.61 Å². The van der Waals surface area contributed by atoms with Gasteiger partial charge >= 0.3 is 24.2 Å². The summed E-state index contributed by atoms with van der Waals surface area (Å²) in [5, 5.41) is 9.16. The predicted octanol–water partition coefficient (Wildman–Crippen LogP) is 5.69. The summed E-state index contributed by atoms with van der Waals surface area (Å²) >= 11 is 0. The number of ether oxygens (including phenoxy) is 1. The molecule has 0 aliphatic rings. The molecule has 11 heteroatoms. The summed E-state index contributed by atoms with van der Waals surface area (Å²) in [6.07, 6.45) is -3.56. The fourth-order valence-corrected chi connectivity index (χ4v) is 1.98. The van der Waals surface area contributed by atoms with Gasteiger partial charge in [-0.3, -0.25) is 4.99 Å². The smallest absolute Gasteiger partial charge is 0.381 e. The second-order valence-electron chi connectivity index (χ2n) is 5.83. The van der Waals surface area contributed by atoms with E-state index in [1.54, 1.807) is 12.1 Å². The first kappa shape index (κ1) is 22.4. The second kappa shape index (κ2) is 8.26. The average Bonchev–Trinajstić information content (AvgIpc) is 2.66. The fourth-order valence-electron chi connectivity index (χ4n) is 1.98. The minimum Gasteiger partial charge on any atom is -0.508 e. The van der Waals surface area contributed by atoms with Crippen LogP contribution < -0.4 is 4.74 Å². The van der Waals surface area contributed by atoms with Gasteiger partial charge in [-0.25, -0.2) is 8.78 Å². The van der Waals surface area contributed by atoms with E-state index >= 15 is 0 Å². The molecule has 0 saturated heterocycles. The van der Waals surface area contributed by atoms with Crippen LogP contribution in [-0.4, -0.2) is 42.1 Å². The maximum Gasteiger partial charge on any atom is 0.381 e. The standard InChI is InChI=1S/C18H13F8NO2/c19-15(20)17(23,24)18(25,26)16(21,22)10-29-14-7-3-12(4-8-14)27-9-11-1-5-13(28)6-2-11/h1-9,15,28H,10H2. The van der Waals surface area contributed by atoms with Gasteiger partial charge in [0.15, 0.2) is 6.61 Å². The van der Waals surface area contributed by atoms with Crippen LogP contribution in [0.25, 0.3) is 0 Å². The number of aliphatic imine (C=N–C) groups is 1. The van der Waals surface area contributed by atoms with Crippen LogP contribution in [0.3, 0.4) is 0 Å². The van der Waals surface area contributed by atoms with Crippen LogP contribution in [0.15, 0.2) is 53.5 Å². The maximum absolute atomic E-state index is 13.4. The molecule has 2 rings (SSSR count). The van der Waals surface area contributed by atoms with Crippen molar-refractivity contribution in [1.82, 2.24) is 0 Å². The van der Waals surface area contributed by atoms with Crippen LogP contribution in [0.1, 0.15) is 5.56 Å². The Bertz CT molecular complexity index is 836. The highest BCUT2D eigenvalue weighted by Crippen LogP contribution is 2.48. The molecule has 0 bridgehead atoms. The van der Waals surface area contributed by atoms with Gasteiger partial charge in [-0.1, -0.05) is 0 Å². The number of aromatic hydroxyl groups is 1. The minimum absolute atomic E-state index is 0.0531. The van der Waals surface area contributed by atoms with Crippen LogP contribution in [0.2, 0.25) is 0 Å². The van der Waals surface area contributed by atoms with E-state index in [2.05, 4.69) is 9.73 Å². The molecule has 0 unspecified atom stereocenters. The maximum atomic E-state index is 13.4. The summed E-state index contributed by atoms with van der Waals surface area (Å²) in [4.78, 5) is 4.03. The lowest BCUT2D eigenvalue weighted by atomic mass is 10.1. The lowest BCUT2D eigenvalue weighted by Gasteiger charge is -2.31. The first-order valence-electron chi connectivity index (χ1n) is 7.84. The quantitative estimate of drug-likeness (QED) is 0.434. The van der Waals surface area contributed by atoms with Gasteiger partial charge in [0.1, 0.15) is 11.5 Å². The van der Waals surface area contributed by atoms with E-state index in [1.165, 1.54) is 30.5 Å². The van der Waals surface area contributed by atoms with Crippen molar-refractivity contribution in [1.29, 1.82) is 0 Å². The van der Waals surface area contributed by atoms with E-state index < -0.39 is 30.8 Å². The number of halogens is 8.